The van der Waals surface area contributed by atoms with Crippen LogP contribution < -0.4 is 4.90 Å². The third-order valence-corrected chi connectivity index (χ3v) is 4.61. The van der Waals surface area contributed by atoms with Gasteiger partial charge in [0.1, 0.15) is 16.8 Å². The number of alkyl halides is 3. The highest BCUT2D eigenvalue weighted by atomic mass is 35.5. The highest BCUT2D eigenvalue weighted by Crippen LogP contribution is 2.44. The van der Waals surface area contributed by atoms with Gasteiger partial charge in [-0.1, -0.05) is 44.2 Å². The van der Waals surface area contributed by atoms with Crippen molar-refractivity contribution in [1.29, 1.82) is 0 Å². The summed E-state index contributed by atoms with van der Waals surface area (Å²) in [6.07, 6.45) is 2.79. The van der Waals surface area contributed by atoms with Crippen molar-refractivity contribution in [2.24, 2.45) is 0 Å². The minimum Gasteiger partial charge on any atom is -0.450 e. The second kappa shape index (κ2) is 9.00. The third-order valence-electron chi connectivity index (χ3n) is 4.44. The van der Waals surface area contributed by atoms with Crippen LogP contribution in [0.2, 0.25) is 5.28 Å². The second-order valence-corrected chi connectivity index (χ2v) is 6.80. The van der Waals surface area contributed by atoms with Crippen LogP contribution in [0.3, 0.4) is 0 Å². The van der Waals surface area contributed by atoms with Crippen LogP contribution in [0.15, 0.2) is 35.3 Å². The molecular weight excluding hydrogens is 407 g/mol. The number of hydrogen-bond donors (Lipinski definition) is 0. The summed E-state index contributed by atoms with van der Waals surface area (Å²) in [5, 5.41) is -0.260. The van der Waals surface area contributed by atoms with E-state index in [9.17, 15) is 13.2 Å². The number of anilines is 1. The van der Waals surface area contributed by atoms with Gasteiger partial charge in [0.05, 0.1) is 13.2 Å². The van der Waals surface area contributed by atoms with Gasteiger partial charge in [0.25, 0.3) is 0 Å². The zero-order chi connectivity index (χ0) is 21.0. The minimum absolute atomic E-state index is 0.0201. The predicted molar refractivity (Wildman–Crippen MR) is 107 cm³/mol. The molecule has 0 aliphatic carbocycles. The lowest BCUT2D eigenvalue weighted by atomic mass is 10.0. The summed E-state index contributed by atoms with van der Waals surface area (Å²) in [6.45, 7) is 7.28. The Balaban J connectivity index is 2.27. The Morgan fingerprint density at radius 1 is 1.24 bits per heavy atom. The average Bonchev–Trinajstić information content (AvgIpc) is 3.07. The fraction of sp³-hybridized carbons (Fsp3) is 0.400. The molecule has 1 saturated heterocycles. The van der Waals surface area contributed by atoms with E-state index < -0.39 is 11.7 Å². The van der Waals surface area contributed by atoms with Crippen molar-refractivity contribution in [3.8, 4) is 0 Å². The lowest BCUT2D eigenvalue weighted by Crippen LogP contribution is -2.36. The van der Waals surface area contributed by atoms with Crippen LogP contribution in [0.5, 0.6) is 0 Å². The minimum atomic E-state index is -4.67. The van der Waals surface area contributed by atoms with E-state index in [0.29, 0.717) is 44.7 Å². The smallest absolute Gasteiger partial charge is 0.422 e. The molecule has 2 aromatic heterocycles. The molecule has 0 bridgehead atoms. The van der Waals surface area contributed by atoms with Crippen molar-refractivity contribution >= 4 is 34.1 Å². The molecule has 1 fully saturated rings. The zero-order valence-corrected chi connectivity index (χ0v) is 16.7. The molecule has 0 atom stereocenters. The van der Waals surface area contributed by atoms with Crippen molar-refractivity contribution < 1.29 is 22.3 Å². The molecule has 1 aliphatic heterocycles. The van der Waals surface area contributed by atoms with Gasteiger partial charge in [-0.3, -0.25) is 0 Å². The molecule has 0 amide bonds. The number of halogens is 4. The Labute approximate surface area is 171 Å². The van der Waals surface area contributed by atoms with Gasteiger partial charge in [-0.25, -0.2) is 4.98 Å². The van der Waals surface area contributed by atoms with E-state index in [2.05, 4.69) is 16.5 Å². The van der Waals surface area contributed by atoms with Crippen LogP contribution in [0.4, 0.5) is 19.0 Å². The molecular formula is C20H21ClF3N3O2. The van der Waals surface area contributed by atoms with Gasteiger partial charge in [-0.05, 0) is 23.6 Å². The molecule has 156 valence electrons. The Bertz CT molecular complexity index is 945. The van der Waals surface area contributed by atoms with Crippen LogP contribution >= 0.6 is 11.6 Å². The molecule has 3 rings (SSSR count). The largest absolute Gasteiger partial charge is 0.450 e. The van der Waals surface area contributed by atoms with E-state index >= 15 is 0 Å². The van der Waals surface area contributed by atoms with Gasteiger partial charge in [-0.15, -0.1) is 0 Å². The van der Waals surface area contributed by atoms with E-state index in [-0.39, 0.29) is 28.0 Å². The number of furan rings is 1. The Morgan fingerprint density at radius 2 is 1.97 bits per heavy atom. The van der Waals surface area contributed by atoms with Crippen LogP contribution in [-0.4, -0.2) is 36.3 Å². The number of rotatable bonds is 6. The fourth-order valence-electron chi connectivity index (χ4n) is 3.21. The summed E-state index contributed by atoms with van der Waals surface area (Å²) < 4.78 is 53.3. The van der Waals surface area contributed by atoms with Crippen LogP contribution in [-0.2, 0) is 10.9 Å². The van der Waals surface area contributed by atoms with Gasteiger partial charge in [0.15, 0.2) is 11.4 Å². The van der Waals surface area contributed by atoms with Crippen molar-refractivity contribution in [1.82, 2.24) is 9.97 Å². The molecule has 1 aliphatic rings. The quantitative estimate of drug-likeness (QED) is 0.440. The maximum Gasteiger partial charge on any atom is 0.422 e. The maximum atomic E-state index is 14.0. The summed E-state index contributed by atoms with van der Waals surface area (Å²) in [4.78, 5) is 9.84. The fourth-order valence-corrected chi connectivity index (χ4v) is 3.37. The zero-order valence-electron chi connectivity index (χ0n) is 15.9. The molecule has 3 heterocycles. The van der Waals surface area contributed by atoms with Crippen molar-refractivity contribution in [3.05, 3.63) is 47.5 Å². The van der Waals surface area contributed by atoms with Crippen molar-refractivity contribution in [2.45, 2.75) is 25.9 Å². The summed E-state index contributed by atoms with van der Waals surface area (Å²) in [5.74, 6) is -0.00771. The molecule has 0 spiro atoms. The first-order valence-electron chi connectivity index (χ1n) is 9.25. The van der Waals surface area contributed by atoms with E-state index in [0.717, 1.165) is 0 Å². The van der Waals surface area contributed by atoms with Crippen molar-refractivity contribution in [3.63, 3.8) is 0 Å². The van der Waals surface area contributed by atoms with Gasteiger partial charge in [0.2, 0.25) is 5.28 Å². The number of allylic oxidation sites excluding steroid dienone is 5. The lowest BCUT2D eigenvalue weighted by molar-refractivity contribution is -0.137. The molecule has 0 radical (unpaired) electrons. The van der Waals surface area contributed by atoms with Crippen LogP contribution in [0.25, 0.3) is 16.7 Å². The second-order valence-electron chi connectivity index (χ2n) is 6.46. The highest BCUT2D eigenvalue weighted by molar-refractivity contribution is 6.28. The molecule has 29 heavy (non-hydrogen) atoms. The number of aromatic nitrogens is 2. The monoisotopic (exact) mass is 427 g/mol. The van der Waals surface area contributed by atoms with Gasteiger partial charge in [-0.2, -0.15) is 18.2 Å². The third kappa shape index (κ3) is 4.64. The summed E-state index contributed by atoms with van der Waals surface area (Å²) in [7, 11) is 0. The van der Waals surface area contributed by atoms with Crippen LogP contribution in [0.1, 0.15) is 31.1 Å². The first-order chi connectivity index (χ1) is 13.9. The predicted octanol–water partition coefficient (Wildman–Crippen LogP) is 5.66. The molecule has 9 heteroatoms. The Kier molecular flexibility index (Phi) is 6.64. The maximum absolute atomic E-state index is 14.0. The first-order valence-corrected chi connectivity index (χ1v) is 9.63. The Hall–Kier alpha value is -2.32. The summed E-state index contributed by atoms with van der Waals surface area (Å²) in [6, 6.07) is 0. The number of ether oxygens (including phenoxy) is 1. The molecule has 0 N–H and O–H groups in total. The standard InChI is InChI=1S/C20H21ClF3N3O2/c1-3-5-6-8-13(7-4-2)16-14(20(22,23)24)15-17(29-16)18(26-19(21)25-15)27-9-11-28-12-10-27/h3,5-6,8H,1,4,7,9-12H2,2H3/b6-5-,13-8+. The summed E-state index contributed by atoms with van der Waals surface area (Å²) >= 11 is 5.99. The lowest BCUT2D eigenvalue weighted by Gasteiger charge is -2.27. The Morgan fingerprint density at radius 3 is 2.59 bits per heavy atom. The molecule has 5 nitrogen and oxygen atoms in total. The highest BCUT2D eigenvalue weighted by Gasteiger charge is 2.41. The summed E-state index contributed by atoms with van der Waals surface area (Å²) in [5.41, 5.74) is -0.866. The topological polar surface area (TPSA) is 51.4 Å². The SMILES string of the molecule is C=C/C=C\C=C(/CCC)c1oc2c(N3CCOCC3)nc(Cl)nc2c1C(F)(F)F. The normalized spacial score (nSPS) is 16.2. The number of morpholine rings is 1. The van der Waals surface area contributed by atoms with E-state index in [1.165, 1.54) is 0 Å². The van der Waals surface area contributed by atoms with Gasteiger partial charge in [0, 0.05) is 13.1 Å². The van der Waals surface area contributed by atoms with Gasteiger partial charge >= 0.3 is 6.18 Å². The molecule has 0 unspecified atom stereocenters. The van der Waals surface area contributed by atoms with E-state index in [4.69, 9.17) is 20.8 Å². The number of hydrogen-bond acceptors (Lipinski definition) is 5. The van der Waals surface area contributed by atoms with E-state index in [1.54, 1.807) is 29.2 Å². The average molecular weight is 428 g/mol. The van der Waals surface area contributed by atoms with E-state index in [1.807, 2.05) is 6.92 Å². The van der Waals surface area contributed by atoms with Crippen LogP contribution in [0, 0.1) is 0 Å². The van der Waals surface area contributed by atoms with Gasteiger partial charge < -0.3 is 14.1 Å². The molecule has 2 aromatic rings. The number of nitrogens with zero attached hydrogens (tertiary/aromatic N) is 3. The van der Waals surface area contributed by atoms with Crippen molar-refractivity contribution in [2.75, 3.05) is 31.2 Å². The first kappa shape index (κ1) is 21.4. The molecule has 0 saturated carbocycles. The molecule has 0 aromatic carbocycles. The number of fused-ring (bicyclic) bond motifs is 1.